The molecule has 0 saturated carbocycles. The van der Waals surface area contributed by atoms with Gasteiger partial charge in [0.05, 0.1) is 13.1 Å². The van der Waals surface area contributed by atoms with Crippen molar-refractivity contribution >= 4 is 23.3 Å². The van der Waals surface area contributed by atoms with Gasteiger partial charge in [0.25, 0.3) is 0 Å². The molecule has 14 heteroatoms. The molecule has 2 aliphatic rings. The van der Waals surface area contributed by atoms with Gasteiger partial charge in [-0.15, -0.1) is 0 Å². The van der Waals surface area contributed by atoms with Crippen LogP contribution in [0.3, 0.4) is 0 Å². The second kappa shape index (κ2) is 20.3. The summed E-state index contributed by atoms with van der Waals surface area (Å²) >= 11 is 0. The first-order valence-electron chi connectivity index (χ1n) is 15.1. The normalized spacial score (nSPS) is 12.5. The average molecular weight is 631 g/mol. The van der Waals surface area contributed by atoms with Gasteiger partial charge in [-0.25, -0.2) is 9.36 Å². The predicted octanol–water partition coefficient (Wildman–Crippen LogP) is 1.96. The number of nitriles is 2. The summed E-state index contributed by atoms with van der Waals surface area (Å²) in [5.74, 6) is 0.725. The van der Waals surface area contributed by atoms with E-state index in [1.54, 1.807) is 41.6 Å². The third kappa shape index (κ3) is 11.2. The number of unbranched alkanes of at least 4 members (excludes halogenated alkanes) is 1. The van der Waals surface area contributed by atoms with Crippen LogP contribution in [0.15, 0.2) is 49.1 Å². The zero-order valence-electron chi connectivity index (χ0n) is 27.3. The summed E-state index contributed by atoms with van der Waals surface area (Å²) < 4.78 is 8.09. The Morgan fingerprint density at radius 1 is 1.04 bits per heavy atom. The van der Waals surface area contributed by atoms with Crippen molar-refractivity contribution in [1.82, 2.24) is 29.5 Å². The fourth-order valence-electron chi connectivity index (χ4n) is 4.20. The predicted molar refractivity (Wildman–Crippen MR) is 174 cm³/mol. The second-order valence-electron chi connectivity index (χ2n) is 10.3. The monoisotopic (exact) mass is 630 g/mol. The van der Waals surface area contributed by atoms with E-state index in [0.29, 0.717) is 54.3 Å². The van der Waals surface area contributed by atoms with E-state index in [9.17, 15) is 20.1 Å². The molecule has 0 atom stereocenters. The number of nitrogens with two attached hydrogens (primary N) is 1. The van der Waals surface area contributed by atoms with E-state index >= 15 is 0 Å². The van der Waals surface area contributed by atoms with Crippen LogP contribution >= 0.6 is 0 Å². The maximum absolute atomic E-state index is 11.4. The van der Waals surface area contributed by atoms with E-state index in [2.05, 4.69) is 45.4 Å². The number of hydrogen-bond acceptors (Lipinski definition) is 10. The molecule has 0 spiro atoms. The van der Waals surface area contributed by atoms with Crippen LogP contribution in [0.2, 0.25) is 0 Å². The Hall–Kier alpha value is -4.80. The van der Waals surface area contributed by atoms with E-state index < -0.39 is 0 Å². The number of nitrogens with one attached hydrogen (secondary N) is 1. The van der Waals surface area contributed by atoms with Gasteiger partial charge >= 0.3 is 18.9 Å². The van der Waals surface area contributed by atoms with Gasteiger partial charge in [0, 0.05) is 62.0 Å². The van der Waals surface area contributed by atoms with Crippen molar-refractivity contribution in [2.45, 2.75) is 65.5 Å². The third-order valence-corrected chi connectivity index (χ3v) is 6.70. The van der Waals surface area contributed by atoms with Gasteiger partial charge in [-0.1, -0.05) is 13.3 Å². The first-order valence-corrected chi connectivity index (χ1v) is 15.1. The molecule has 0 radical (unpaired) electrons. The van der Waals surface area contributed by atoms with Crippen molar-refractivity contribution in [3.05, 3.63) is 67.1 Å². The van der Waals surface area contributed by atoms with Crippen LogP contribution in [0.5, 0.6) is 0 Å². The second-order valence-corrected chi connectivity index (χ2v) is 10.3. The van der Waals surface area contributed by atoms with Gasteiger partial charge in [0.15, 0.2) is 0 Å². The van der Waals surface area contributed by atoms with Crippen LogP contribution in [0.4, 0.5) is 11.6 Å². The Balaban J connectivity index is 0.000000255. The summed E-state index contributed by atoms with van der Waals surface area (Å²) in [5.41, 5.74) is 9.14. The number of nitrogen functional groups attached to an aromatic ring is 1. The Labute approximate surface area is 287 Å². The van der Waals surface area contributed by atoms with E-state index in [-0.39, 0.29) is 36.4 Å². The molecule has 4 aromatic rings. The van der Waals surface area contributed by atoms with Crippen LogP contribution in [0, 0.1) is 29.6 Å². The van der Waals surface area contributed by atoms with Gasteiger partial charge in [-0.2, -0.15) is 27.1 Å². The number of Topliss-reactive ketones (excluding diaryl/α,β-unsaturated/α-hetero) is 1. The Bertz CT molecular complexity index is 1640. The van der Waals surface area contributed by atoms with Gasteiger partial charge in [0.2, 0.25) is 5.91 Å². The molecule has 2 aliphatic heterocycles. The molecule has 1 fully saturated rings. The molecule has 0 aromatic carbocycles. The summed E-state index contributed by atoms with van der Waals surface area (Å²) in [6.07, 6.45) is 12.1. The van der Waals surface area contributed by atoms with E-state index in [1.807, 2.05) is 18.2 Å². The summed E-state index contributed by atoms with van der Waals surface area (Å²) in [4.78, 5) is 30.4. The van der Waals surface area contributed by atoms with Crippen molar-refractivity contribution < 1.29 is 33.2 Å². The number of rotatable bonds is 6. The molecule has 1 amide bonds. The Kier molecular flexibility index (Phi) is 16.6. The van der Waals surface area contributed by atoms with Crippen LogP contribution in [0.1, 0.15) is 63.5 Å². The molecule has 6 heterocycles. The molecule has 6 rings (SSSR count). The van der Waals surface area contributed by atoms with Gasteiger partial charge in [-0.05, 0) is 44.0 Å². The Morgan fingerprint density at radius 2 is 1.62 bits per heavy atom. The number of pyridine rings is 2. The zero-order valence-corrected chi connectivity index (χ0v) is 27.3. The molecular weight excluding hydrogens is 591 g/mol. The van der Waals surface area contributed by atoms with Gasteiger partial charge in [0.1, 0.15) is 52.1 Å². The number of aromatic nitrogens is 6. The molecule has 13 nitrogen and oxygen atoms in total. The van der Waals surface area contributed by atoms with Crippen molar-refractivity contribution in [2.75, 3.05) is 24.3 Å². The molecule has 240 valence electrons. The largest absolute Gasteiger partial charge is 1.00 e. The number of ketones is 1. The molecule has 0 bridgehead atoms. The van der Waals surface area contributed by atoms with Crippen molar-refractivity contribution in [1.29, 1.82) is 10.5 Å². The molecular formula is C33H39LiN10O3. The number of anilines is 2. The van der Waals surface area contributed by atoms with Crippen LogP contribution in [-0.2, 0) is 27.4 Å². The van der Waals surface area contributed by atoms with Gasteiger partial charge in [-0.3, -0.25) is 19.6 Å². The average Bonchev–Trinajstić information content (AvgIpc) is 3.85. The standard InChI is InChI=1S/C13H13N5O.C12H9N5O.C4H8O.C4H9.Li/c1-9(19)4-6-18-13(15)11(7-14)12(17-18)10-3-2-5-16-8-10;13-6-9-11(8-2-1-4-14-7-8)16-17-5-3-10(18)15-12(9)17;1-2-4-5-3-1;1-3-4-2;/h2-3,5,8H,4,6,15H2,1H3;1-2,4,7H,3,5H2,(H,15,18);1-4H2;1,3-4H2,2H3;/q;;;-1;+1. The fraction of sp³-hybridized carbons (Fsp3) is 0.364. The summed E-state index contributed by atoms with van der Waals surface area (Å²) in [6.45, 7) is 10.1. The van der Waals surface area contributed by atoms with Crippen LogP contribution in [0.25, 0.3) is 22.5 Å². The summed E-state index contributed by atoms with van der Waals surface area (Å²) in [7, 11) is 0. The quantitative estimate of drug-likeness (QED) is 0.235. The minimum absolute atomic E-state index is 0. The minimum Gasteiger partial charge on any atom is -0.383 e. The van der Waals surface area contributed by atoms with Crippen molar-refractivity contribution in [3.63, 3.8) is 0 Å². The molecule has 4 aromatic heterocycles. The number of carbonyl (C=O) groups excluding carboxylic acids is 2. The van der Waals surface area contributed by atoms with Crippen molar-refractivity contribution in [2.24, 2.45) is 0 Å². The first-order chi connectivity index (χ1) is 22.3. The van der Waals surface area contributed by atoms with Crippen LogP contribution in [-0.4, -0.2) is 54.4 Å². The topological polar surface area (TPSA) is 190 Å². The van der Waals surface area contributed by atoms with Crippen molar-refractivity contribution in [3.8, 4) is 34.7 Å². The van der Waals surface area contributed by atoms with E-state index in [1.165, 1.54) is 30.9 Å². The number of carbonyl (C=O) groups is 2. The number of amides is 1. The summed E-state index contributed by atoms with van der Waals surface area (Å²) in [5, 5.41) is 29.8. The van der Waals surface area contributed by atoms with Crippen LogP contribution < -0.4 is 29.9 Å². The molecule has 0 aliphatic carbocycles. The summed E-state index contributed by atoms with van der Waals surface area (Å²) in [6, 6.07) is 11.3. The maximum Gasteiger partial charge on any atom is 1.00 e. The number of fused-ring (bicyclic) bond motifs is 1. The first kappa shape index (κ1) is 38.4. The molecule has 47 heavy (non-hydrogen) atoms. The van der Waals surface area contributed by atoms with E-state index in [4.69, 9.17) is 10.5 Å². The number of aryl methyl sites for hydroxylation is 2. The number of nitrogens with zero attached hydrogens (tertiary/aromatic N) is 8. The van der Waals surface area contributed by atoms with E-state index in [0.717, 1.165) is 30.8 Å². The maximum atomic E-state index is 11.4. The SMILES string of the molecule is C1CCOC1.CC(=O)CCn1nc(-c2cccnc2)c(C#N)c1N.N#Cc1c(-c2cccnc2)nn2c1NC(=O)CC2.[CH2-]CCC.[Li+]. The third-order valence-electron chi connectivity index (χ3n) is 6.70. The Morgan fingerprint density at radius 3 is 2.06 bits per heavy atom. The molecule has 3 N–H and O–H groups in total. The fourth-order valence-corrected chi connectivity index (χ4v) is 4.20. The molecule has 0 unspecified atom stereocenters. The zero-order chi connectivity index (χ0) is 33.3. The number of hydrogen-bond donors (Lipinski definition) is 2. The van der Waals surface area contributed by atoms with Gasteiger partial charge < -0.3 is 22.7 Å². The number of ether oxygens (including phenoxy) is 1. The smallest absolute Gasteiger partial charge is 0.383 e. The minimum atomic E-state index is -0.0864. The molecule has 1 saturated heterocycles.